The average Bonchev–Trinajstić information content (AvgIpc) is 3.24. The summed E-state index contributed by atoms with van der Waals surface area (Å²) >= 11 is 0. The topological polar surface area (TPSA) is 38.6 Å². The van der Waals surface area contributed by atoms with Crippen LogP contribution in [0, 0.1) is 13.8 Å². The highest BCUT2D eigenvalue weighted by Crippen LogP contribution is 2.36. The van der Waals surface area contributed by atoms with Gasteiger partial charge < -0.3 is 10.1 Å². The molecule has 4 nitrogen and oxygen atoms in total. The Kier molecular flexibility index (Phi) is 6.05. The highest BCUT2D eigenvalue weighted by atomic mass is 16.5. The predicted molar refractivity (Wildman–Crippen MR) is 139 cm³/mol. The number of aromatic nitrogens is 2. The van der Waals surface area contributed by atoms with Crippen LogP contribution in [0.4, 0.5) is 11.5 Å². The Morgan fingerprint density at radius 3 is 2.21 bits per heavy atom. The molecule has 0 amide bonds. The summed E-state index contributed by atoms with van der Waals surface area (Å²) in [5.41, 5.74) is 7.66. The van der Waals surface area contributed by atoms with Crippen molar-refractivity contribution in [1.82, 2.24) is 9.38 Å². The Morgan fingerprint density at radius 2 is 1.50 bits per heavy atom. The summed E-state index contributed by atoms with van der Waals surface area (Å²) in [6.45, 7) is 6.97. The number of rotatable bonds is 7. The summed E-state index contributed by atoms with van der Waals surface area (Å²) in [7, 11) is 0. The smallest absolute Gasteiger partial charge is 0.181 e. The van der Waals surface area contributed by atoms with Crippen LogP contribution in [0.3, 0.4) is 0 Å². The van der Waals surface area contributed by atoms with Crippen LogP contribution in [0.5, 0.6) is 5.75 Å². The van der Waals surface area contributed by atoms with Crippen LogP contribution in [0.2, 0.25) is 0 Å². The molecule has 0 saturated carbocycles. The van der Waals surface area contributed by atoms with E-state index in [1.165, 1.54) is 16.7 Å². The first kappa shape index (κ1) is 21.8. The molecule has 5 aromatic rings. The van der Waals surface area contributed by atoms with Crippen molar-refractivity contribution < 1.29 is 4.74 Å². The van der Waals surface area contributed by atoms with E-state index in [1.54, 1.807) is 0 Å². The van der Waals surface area contributed by atoms with E-state index in [9.17, 15) is 0 Å². The van der Waals surface area contributed by atoms with Gasteiger partial charge in [-0.15, -0.1) is 0 Å². The fraction of sp³-hybridized carbons (Fsp3) is 0.167. The molecule has 170 valence electrons. The van der Waals surface area contributed by atoms with Crippen LogP contribution in [0.1, 0.15) is 40.8 Å². The van der Waals surface area contributed by atoms with Gasteiger partial charge in [0.2, 0.25) is 0 Å². The lowest BCUT2D eigenvalue weighted by Gasteiger charge is -2.17. The maximum absolute atomic E-state index is 6.25. The summed E-state index contributed by atoms with van der Waals surface area (Å²) in [5.74, 6) is 1.84. The number of anilines is 2. The largest absolute Gasteiger partial charge is 0.485 e. The molecule has 1 unspecified atom stereocenters. The van der Waals surface area contributed by atoms with Crippen LogP contribution in [0.15, 0.2) is 97.2 Å². The molecular formula is C30H29N3O. The fourth-order valence-electron chi connectivity index (χ4n) is 4.36. The van der Waals surface area contributed by atoms with Gasteiger partial charge in [-0.05, 0) is 48.2 Å². The van der Waals surface area contributed by atoms with E-state index in [0.29, 0.717) is 6.61 Å². The molecule has 0 aliphatic heterocycles. The lowest BCUT2D eigenvalue weighted by molar-refractivity contribution is 0.308. The minimum atomic E-state index is 0.106. The lowest BCUT2D eigenvalue weighted by atomic mass is 9.97. The zero-order valence-corrected chi connectivity index (χ0v) is 19.8. The maximum Gasteiger partial charge on any atom is 0.181 e. The van der Waals surface area contributed by atoms with Gasteiger partial charge in [-0.1, -0.05) is 85.8 Å². The first-order chi connectivity index (χ1) is 16.6. The summed E-state index contributed by atoms with van der Waals surface area (Å²) < 4.78 is 8.36. The first-order valence-electron chi connectivity index (χ1n) is 11.7. The summed E-state index contributed by atoms with van der Waals surface area (Å²) in [6, 6.07) is 31.1. The summed E-state index contributed by atoms with van der Waals surface area (Å²) in [4.78, 5) is 5.13. The SMILES string of the molecule is Cc1cccc(C)c1Nc1c(C(C)c2ccccc2)nc2c(OCc3ccccc3)cccn12. The van der Waals surface area contributed by atoms with E-state index in [-0.39, 0.29) is 5.92 Å². The van der Waals surface area contributed by atoms with Crippen LogP contribution >= 0.6 is 0 Å². The minimum Gasteiger partial charge on any atom is -0.485 e. The van der Waals surface area contributed by atoms with Crippen molar-refractivity contribution in [3.05, 3.63) is 125 Å². The van der Waals surface area contributed by atoms with E-state index in [0.717, 1.165) is 34.2 Å². The molecule has 34 heavy (non-hydrogen) atoms. The van der Waals surface area contributed by atoms with E-state index in [1.807, 2.05) is 36.4 Å². The molecule has 3 aromatic carbocycles. The Morgan fingerprint density at radius 1 is 0.824 bits per heavy atom. The van der Waals surface area contributed by atoms with E-state index in [2.05, 4.69) is 91.3 Å². The van der Waals surface area contributed by atoms with Crippen LogP contribution in [-0.4, -0.2) is 9.38 Å². The highest BCUT2D eigenvalue weighted by Gasteiger charge is 2.22. The first-order valence-corrected chi connectivity index (χ1v) is 11.7. The number of imidazole rings is 1. The second kappa shape index (κ2) is 9.44. The number of nitrogens with zero attached hydrogens (tertiary/aromatic N) is 2. The van der Waals surface area contributed by atoms with Gasteiger partial charge in [0.05, 0.1) is 5.69 Å². The van der Waals surface area contributed by atoms with Crippen molar-refractivity contribution in [2.75, 3.05) is 5.32 Å². The number of benzene rings is 3. The number of fused-ring (bicyclic) bond motifs is 1. The summed E-state index contributed by atoms with van der Waals surface area (Å²) in [6.07, 6.45) is 2.05. The molecule has 2 heterocycles. The van der Waals surface area contributed by atoms with Crippen molar-refractivity contribution >= 4 is 17.2 Å². The van der Waals surface area contributed by atoms with E-state index < -0.39 is 0 Å². The average molecular weight is 448 g/mol. The van der Waals surface area contributed by atoms with Gasteiger partial charge in [0.1, 0.15) is 12.4 Å². The quantitative estimate of drug-likeness (QED) is 0.282. The molecule has 0 fully saturated rings. The third kappa shape index (κ3) is 4.27. The third-order valence-corrected chi connectivity index (χ3v) is 6.31. The van der Waals surface area contributed by atoms with Gasteiger partial charge in [0.25, 0.3) is 0 Å². The van der Waals surface area contributed by atoms with Crippen molar-refractivity contribution in [2.24, 2.45) is 0 Å². The molecule has 1 N–H and O–H groups in total. The summed E-state index contributed by atoms with van der Waals surface area (Å²) in [5, 5.41) is 3.73. The third-order valence-electron chi connectivity index (χ3n) is 6.31. The monoisotopic (exact) mass is 447 g/mol. The normalized spacial score (nSPS) is 12.0. The Balaban J connectivity index is 1.61. The number of aryl methyl sites for hydroxylation is 2. The maximum atomic E-state index is 6.25. The zero-order valence-electron chi connectivity index (χ0n) is 19.8. The number of ether oxygens (including phenoxy) is 1. The number of para-hydroxylation sites is 1. The van der Waals surface area contributed by atoms with Gasteiger partial charge in [0.15, 0.2) is 11.4 Å². The molecule has 0 aliphatic rings. The van der Waals surface area contributed by atoms with Gasteiger partial charge in [0, 0.05) is 17.8 Å². The molecule has 1 atom stereocenters. The number of nitrogens with one attached hydrogen (secondary N) is 1. The molecule has 0 radical (unpaired) electrons. The molecule has 0 spiro atoms. The molecular weight excluding hydrogens is 418 g/mol. The predicted octanol–water partition coefficient (Wildman–Crippen LogP) is 7.43. The van der Waals surface area contributed by atoms with Crippen LogP contribution in [-0.2, 0) is 6.61 Å². The Labute approximate surface area is 200 Å². The molecule has 0 aliphatic carbocycles. The standard InChI is InChI=1S/C30H29N3O/c1-21-12-10-13-22(2)27(21)31-30-28(23(3)25-16-8-5-9-17-25)32-29-26(18-11-19-33(29)30)34-20-24-14-6-4-7-15-24/h4-19,23,31H,20H2,1-3H3. The molecule has 5 rings (SSSR count). The Bertz CT molecular complexity index is 1390. The van der Waals surface area contributed by atoms with E-state index >= 15 is 0 Å². The molecule has 0 saturated heterocycles. The molecule has 4 heteroatoms. The Hall–Kier alpha value is -4.05. The van der Waals surface area contributed by atoms with Crippen molar-refractivity contribution in [3.63, 3.8) is 0 Å². The van der Waals surface area contributed by atoms with Gasteiger partial charge in [-0.2, -0.15) is 0 Å². The van der Waals surface area contributed by atoms with E-state index in [4.69, 9.17) is 9.72 Å². The molecule has 0 bridgehead atoms. The van der Waals surface area contributed by atoms with Gasteiger partial charge in [-0.25, -0.2) is 4.98 Å². The lowest BCUT2D eigenvalue weighted by Crippen LogP contribution is -2.05. The van der Waals surface area contributed by atoms with Crippen molar-refractivity contribution in [2.45, 2.75) is 33.3 Å². The van der Waals surface area contributed by atoms with Crippen LogP contribution < -0.4 is 10.1 Å². The minimum absolute atomic E-state index is 0.106. The number of pyridine rings is 1. The van der Waals surface area contributed by atoms with Gasteiger partial charge >= 0.3 is 0 Å². The van der Waals surface area contributed by atoms with Gasteiger partial charge in [-0.3, -0.25) is 4.40 Å². The van der Waals surface area contributed by atoms with Crippen molar-refractivity contribution in [1.29, 1.82) is 0 Å². The second-order valence-corrected chi connectivity index (χ2v) is 8.71. The second-order valence-electron chi connectivity index (χ2n) is 8.71. The zero-order chi connectivity index (χ0) is 23.5. The molecule has 2 aromatic heterocycles. The highest BCUT2D eigenvalue weighted by molar-refractivity contribution is 5.71. The number of hydrogen-bond acceptors (Lipinski definition) is 3. The fourth-order valence-corrected chi connectivity index (χ4v) is 4.36. The number of hydrogen-bond donors (Lipinski definition) is 1. The van der Waals surface area contributed by atoms with Crippen molar-refractivity contribution in [3.8, 4) is 5.75 Å². The van der Waals surface area contributed by atoms with Crippen LogP contribution in [0.25, 0.3) is 5.65 Å².